The maximum absolute atomic E-state index is 13.4. The molecule has 0 unspecified atom stereocenters. The standard InChI is InChI=1S/C14H13FN4O4/c1-7-9(15)3-2-4-10(7)18-11(20)6-16-12(21)8-5-17-14(23)19-13(8)22/h2-5H,6H2,1H3,(H,16,21)(H,18,20)(H2,17,19,22,23). The molecule has 23 heavy (non-hydrogen) atoms. The number of halogens is 1. The SMILES string of the molecule is Cc1c(F)cccc1NC(=O)CNC(=O)c1c[nH]c(=O)[nH]c1=O. The van der Waals surface area contributed by atoms with Crippen molar-refractivity contribution in [2.45, 2.75) is 6.92 Å². The number of carbonyl (C=O) groups is 2. The Morgan fingerprint density at radius 3 is 2.70 bits per heavy atom. The van der Waals surface area contributed by atoms with Crippen molar-refractivity contribution >= 4 is 17.5 Å². The van der Waals surface area contributed by atoms with Crippen LogP contribution in [0.25, 0.3) is 0 Å². The maximum atomic E-state index is 13.4. The average molecular weight is 320 g/mol. The first-order valence-electron chi connectivity index (χ1n) is 6.53. The van der Waals surface area contributed by atoms with Gasteiger partial charge in [-0.3, -0.25) is 19.4 Å². The van der Waals surface area contributed by atoms with Crippen molar-refractivity contribution in [3.8, 4) is 0 Å². The van der Waals surface area contributed by atoms with E-state index < -0.39 is 35.4 Å². The number of aromatic amines is 2. The first kappa shape index (κ1) is 16.1. The molecule has 2 amide bonds. The van der Waals surface area contributed by atoms with Crippen LogP contribution in [0, 0.1) is 12.7 Å². The van der Waals surface area contributed by atoms with E-state index in [1.54, 1.807) is 0 Å². The molecular formula is C14H13FN4O4. The summed E-state index contributed by atoms with van der Waals surface area (Å²) in [6.45, 7) is 1.08. The van der Waals surface area contributed by atoms with Gasteiger partial charge in [0.2, 0.25) is 5.91 Å². The van der Waals surface area contributed by atoms with E-state index in [0.717, 1.165) is 6.20 Å². The third-order valence-electron chi connectivity index (χ3n) is 3.02. The monoisotopic (exact) mass is 320 g/mol. The zero-order valence-corrected chi connectivity index (χ0v) is 12.0. The third kappa shape index (κ3) is 3.90. The summed E-state index contributed by atoms with van der Waals surface area (Å²) in [5.74, 6) is -1.88. The lowest BCUT2D eigenvalue weighted by molar-refractivity contribution is -0.115. The van der Waals surface area contributed by atoms with Gasteiger partial charge in [0.05, 0.1) is 6.54 Å². The quantitative estimate of drug-likeness (QED) is 0.627. The molecule has 0 aliphatic heterocycles. The Hall–Kier alpha value is -3.23. The van der Waals surface area contributed by atoms with E-state index in [1.165, 1.54) is 25.1 Å². The van der Waals surface area contributed by atoms with Crippen LogP contribution in [0.15, 0.2) is 34.0 Å². The minimum absolute atomic E-state index is 0.268. The molecule has 1 aromatic heterocycles. The van der Waals surface area contributed by atoms with Gasteiger partial charge < -0.3 is 15.6 Å². The fourth-order valence-electron chi connectivity index (χ4n) is 1.77. The zero-order valence-electron chi connectivity index (χ0n) is 12.0. The van der Waals surface area contributed by atoms with Gasteiger partial charge in [-0.05, 0) is 19.1 Å². The van der Waals surface area contributed by atoms with E-state index >= 15 is 0 Å². The number of carbonyl (C=O) groups excluding carboxylic acids is 2. The third-order valence-corrected chi connectivity index (χ3v) is 3.02. The molecule has 1 aromatic carbocycles. The number of rotatable bonds is 4. The minimum atomic E-state index is -0.868. The molecule has 0 radical (unpaired) electrons. The fourth-order valence-corrected chi connectivity index (χ4v) is 1.77. The molecule has 0 spiro atoms. The minimum Gasteiger partial charge on any atom is -0.343 e. The van der Waals surface area contributed by atoms with Crippen molar-refractivity contribution in [2.24, 2.45) is 0 Å². The second kappa shape index (κ2) is 6.69. The highest BCUT2D eigenvalue weighted by atomic mass is 19.1. The molecule has 0 saturated carbocycles. The summed E-state index contributed by atoms with van der Waals surface area (Å²) in [5, 5.41) is 4.67. The first-order valence-corrected chi connectivity index (χ1v) is 6.53. The van der Waals surface area contributed by atoms with Crippen molar-refractivity contribution in [1.29, 1.82) is 0 Å². The summed E-state index contributed by atoms with van der Waals surface area (Å²) in [6, 6.07) is 4.22. The Morgan fingerprint density at radius 2 is 2.00 bits per heavy atom. The molecule has 8 nitrogen and oxygen atoms in total. The Morgan fingerprint density at radius 1 is 1.26 bits per heavy atom. The van der Waals surface area contributed by atoms with Crippen molar-refractivity contribution in [2.75, 3.05) is 11.9 Å². The van der Waals surface area contributed by atoms with Crippen LogP contribution < -0.4 is 21.9 Å². The fraction of sp³-hybridized carbons (Fsp3) is 0.143. The lowest BCUT2D eigenvalue weighted by Gasteiger charge is -2.09. The van der Waals surface area contributed by atoms with Gasteiger partial charge in [0, 0.05) is 17.4 Å². The van der Waals surface area contributed by atoms with Gasteiger partial charge in [0.25, 0.3) is 11.5 Å². The van der Waals surface area contributed by atoms with Gasteiger partial charge in [-0.15, -0.1) is 0 Å². The predicted molar refractivity (Wildman–Crippen MR) is 79.8 cm³/mol. The normalized spacial score (nSPS) is 10.2. The summed E-state index contributed by atoms with van der Waals surface area (Å²) in [5.41, 5.74) is -1.40. The molecular weight excluding hydrogens is 307 g/mol. The largest absolute Gasteiger partial charge is 0.343 e. The smallest absolute Gasteiger partial charge is 0.325 e. The van der Waals surface area contributed by atoms with Crippen molar-refractivity contribution < 1.29 is 14.0 Å². The van der Waals surface area contributed by atoms with E-state index in [4.69, 9.17) is 0 Å². The maximum Gasteiger partial charge on any atom is 0.325 e. The summed E-state index contributed by atoms with van der Waals surface area (Å²) >= 11 is 0. The number of hydrogen-bond acceptors (Lipinski definition) is 4. The van der Waals surface area contributed by atoms with E-state index in [9.17, 15) is 23.6 Å². The number of anilines is 1. The molecule has 0 fully saturated rings. The van der Waals surface area contributed by atoms with E-state index in [-0.39, 0.29) is 16.8 Å². The second-order valence-electron chi connectivity index (χ2n) is 4.63. The van der Waals surface area contributed by atoms with E-state index in [2.05, 4.69) is 15.6 Å². The van der Waals surface area contributed by atoms with Gasteiger partial charge in [-0.2, -0.15) is 0 Å². The summed E-state index contributed by atoms with van der Waals surface area (Å²) in [4.78, 5) is 49.8. The molecule has 2 aromatic rings. The molecule has 0 atom stereocenters. The molecule has 4 N–H and O–H groups in total. The van der Waals surface area contributed by atoms with Gasteiger partial charge in [-0.25, -0.2) is 9.18 Å². The Kier molecular flexibility index (Phi) is 4.69. The van der Waals surface area contributed by atoms with Crippen LogP contribution in [0.1, 0.15) is 15.9 Å². The Bertz CT molecular complexity index is 872. The molecule has 120 valence electrons. The molecule has 2 rings (SSSR count). The molecule has 1 heterocycles. The number of amides is 2. The summed E-state index contributed by atoms with van der Waals surface area (Å²) < 4.78 is 13.4. The molecule has 0 aliphatic carbocycles. The van der Waals surface area contributed by atoms with Crippen molar-refractivity contribution in [3.05, 3.63) is 62.2 Å². The number of H-pyrrole nitrogens is 2. The van der Waals surface area contributed by atoms with Crippen LogP contribution in [0.4, 0.5) is 10.1 Å². The van der Waals surface area contributed by atoms with Gasteiger partial charge in [-0.1, -0.05) is 6.07 Å². The van der Waals surface area contributed by atoms with Crippen LogP contribution in [0.2, 0.25) is 0 Å². The summed E-state index contributed by atoms with van der Waals surface area (Å²) in [6.07, 6.45) is 0.950. The topological polar surface area (TPSA) is 124 Å². The van der Waals surface area contributed by atoms with Gasteiger partial charge >= 0.3 is 5.69 Å². The Balaban J connectivity index is 1.99. The van der Waals surface area contributed by atoms with Crippen molar-refractivity contribution in [1.82, 2.24) is 15.3 Å². The molecule has 9 heteroatoms. The van der Waals surface area contributed by atoms with E-state index in [0.29, 0.717) is 0 Å². The number of benzene rings is 1. The molecule has 0 saturated heterocycles. The highest BCUT2D eigenvalue weighted by Gasteiger charge is 2.13. The predicted octanol–water partition coefficient (Wildman–Crippen LogP) is -0.121. The second-order valence-corrected chi connectivity index (χ2v) is 4.63. The van der Waals surface area contributed by atoms with Crippen LogP contribution >= 0.6 is 0 Å². The van der Waals surface area contributed by atoms with Crippen LogP contribution in [0.3, 0.4) is 0 Å². The number of hydrogen-bond donors (Lipinski definition) is 4. The van der Waals surface area contributed by atoms with Crippen LogP contribution in [0.5, 0.6) is 0 Å². The first-order chi connectivity index (χ1) is 10.9. The van der Waals surface area contributed by atoms with Crippen LogP contribution in [-0.4, -0.2) is 28.3 Å². The number of aromatic nitrogens is 2. The van der Waals surface area contributed by atoms with Gasteiger partial charge in [0.15, 0.2) is 0 Å². The zero-order chi connectivity index (χ0) is 17.0. The Labute approximate surface area is 128 Å². The van der Waals surface area contributed by atoms with E-state index in [1.807, 2.05) is 4.98 Å². The average Bonchev–Trinajstić information content (AvgIpc) is 2.49. The van der Waals surface area contributed by atoms with Gasteiger partial charge in [0.1, 0.15) is 11.4 Å². The highest BCUT2D eigenvalue weighted by molar-refractivity contribution is 5.99. The van der Waals surface area contributed by atoms with Crippen LogP contribution in [-0.2, 0) is 4.79 Å². The lowest BCUT2D eigenvalue weighted by atomic mass is 10.2. The lowest BCUT2D eigenvalue weighted by Crippen LogP contribution is -2.37. The number of nitrogens with one attached hydrogen (secondary N) is 4. The van der Waals surface area contributed by atoms with Crippen molar-refractivity contribution in [3.63, 3.8) is 0 Å². The summed E-state index contributed by atoms with van der Waals surface area (Å²) in [7, 11) is 0. The molecule has 0 bridgehead atoms. The highest BCUT2D eigenvalue weighted by Crippen LogP contribution is 2.16. The molecule has 0 aliphatic rings.